The van der Waals surface area contributed by atoms with Crippen LogP contribution in [-0.2, 0) is 6.54 Å². The summed E-state index contributed by atoms with van der Waals surface area (Å²) in [5.74, 6) is 0.667. The molecule has 0 bridgehead atoms. The average molecular weight is 445 g/mol. The first-order chi connectivity index (χ1) is 16.7. The molecule has 0 spiro atoms. The van der Waals surface area contributed by atoms with E-state index in [9.17, 15) is 4.79 Å². The Hall–Kier alpha value is -4.48. The van der Waals surface area contributed by atoms with Crippen LogP contribution in [0.3, 0.4) is 0 Å². The third-order valence-corrected chi connectivity index (χ3v) is 6.16. The van der Waals surface area contributed by atoms with Crippen molar-refractivity contribution in [2.75, 3.05) is 0 Å². The molecule has 3 aromatic carbocycles. The summed E-state index contributed by atoms with van der Waals surface area (Å²) >= 11 is 0. The number of rotatable bonds is 4. The minimum absolute atomic E-state index is 0.182. The van der Waals surface area contributed by atoms with Crippen LogP contribution in [0.15, 0.2) is 106 Å². The Morgan fingerprint density at radius 2 is 1.59 bits per heavy atom. The van der Waals surface area contributed by atoms with E-state index in [0.717, 1.165) is 51.0 Å². The number of fused-ring (bicyclic) bond motifs is 2. The van der Waals surface area contributed by atoms with Crippen molar-refractivity contribution in [2.24, 2.45) is 0 Å². The van der Waals surface area contributed by atoms with Crippen LogP contribution in [0.5, 0.6) is 0 Å². The van der Waals surface area contributed by atoms with Crippen LogP contribution in [0.4, 0.5) is 0 Å². The fourth-order valence-electron chi connectivity index (χ4n) is 4.37. The SMILES string of the molecule is [NH3+]Cc1ccc(-c2nc3c(-c4cc5ccccc5o4)c[nH]c(=O)c3cc2-c2ccccc2)cc1. The maximum atomic E-state index is 12.9. The van der Waals surface area contributed by atoms with Crippen LogP contribution in [0.1, 0.15) is 5.56 Å². The number of aromatic amines is 1. The summed E-state index contributed by atoms with van der Waals surface area (Å²) < 4.78 is 6.12. The Morgan fingerprint density at radius 3 is 2.35 bits per heavy atom. The van der Waals surface area contributed by atoms with Crippen LogP contribution in [0, 0.1) is 0 Å². The number of hydrogen-bond acceptors (Lipinski definition) is 3. The molecule has 34 heavy (non-hydrogen) atoms. The van der Waals surface area contributed by atoms with Crippen LogP contribution >= 0.6 is 0 Å². The van der Waals surface area contributed by atoms with Crippen LogP contribution in [0.25, 0.3) is 55.6 Å². The van der Waals surface area contributed by atoms with Crippen molar-refractivity contribution in [3.8, 4) is 33.7 Å². The highest BCUT2D eigenvalue weighted by atomic mass is 16.3. The van der Waals surface area contributed by atoms with Gasteiger partial charge in [0.2, 0.25) is 0 Å². The number of quaternary nitrogens is 1. The van der Waals surface area contributed by atoms with Gasteiger partial charge in [-0.15, -0.1) is 0 Å². The number of nitrogens with one attached hydrogen (secondary N) is 1. The highest BCUT2D eigenvalue weighted by Crippen LogP contribution is 2.36. The summed E-state index contributed by atoms with van der Waals surface area (Å²) in [5.41, 5.74) is 10.8. The van der Waals surface area contributed by atoms with Gasteiger partial charge in [-0.2, -0.15) is 0 Å². The summed E-state index contributed by atoms with van der Waals surface area (Å²) in [6, 6.07) is 30.1. The first-order valence-corrected chi connectivity index (χ1v) is 11.2. The third kappa shape index (κ3) is 3.39. The summed E-state index contributed by atoms with van der Waals surface area (Å²) in [7, 11) is 0. The molecule has 5 nitrogen and oxygen atoms in total. The molecule has 3 heterocycles. The van der Waals surface area contributed by atoms with Crippen molar-refractivity contribution < 1.29 is 10.2 Å². The van der Waals surface area contributed by atoms with Crippen LogP contribution in [-0.4, -0.2) is 9.97 Å². The summed E-state index contributed by atoms with van der Waals surface area (Å²) in [6.45, 7) is 0.725. The maximum Gasteiger partial charge on any atom is 0.257 e. The smallest absolute Gasteiger partial charge is 0.257 e. The van der Waals surface area contributed by atoms with Gasteiger partial charge in [-0.3, -0.25) is 4.79 Å². The molecule has 0 aliphatic heterocycles. The first-order valence-electron chi connectivity index (χ1n) is 11.2. The zero-order valence-corrected chi connectivity index (χ0v) is 18.4. The van der Waals surface area contributed by atoms with Gasteiger partial charge in [0.15, 0.2) is 0 Å². The van der Waals surface area contributed by atoms with Gasteiger partial charge in [0.05, 0.1) is 28.7 Å². The lowest BCUT2D eigenvalue weighted by Crippen LogP contribution is -2.47. The molecule has 4 N–H and O–H groups in total. The molecule has 0 aliphatic rings. The molecule has 0 radical (unpaired) electrons. The first kappa shape index (κ1) is 20.1. The van der Waals surface area contributed by atoms with Crippen molar-refractivity contribution in [2.45, 2.75) is 6.54 Å². The monoisotopic (exact) mass is 444 g/mol. The van der Waals surface area contributed by atoms with Crippen molar-refractivity contribution in [3.63, 3.8) is 0 Å². The molecule has 0 saturated carbocycles. The van der Waals surface area contributed by atoms with Crippen LogP contribution in [0.2, 0.25) is 0 Å². The van der Waals surface area contributed by atoms with E-state index >= 15 is 0 Å². The van der Waals surface area contributed by atoms with Gasteiger partial charge in [-0.25, -0.2) is 4.98 Å². The Morgan fingerprint density at radius 1 is 0.824 bits per heavy atom. The summed E-state index contributed by atoms with van der Waals surface area (Å²) in [6.07, 6.45) is 1.69. The quantitative estimate of drug-likeness (QED) is 0.381. The number of aromatic nitrogens is 2. The normalized spacial score (nSPS) is 11.3. The van der Waals surface area contributed by atoms with Crippen molar-refractivity contribution in [1.29, 1.82) is 0 Å². The molecule has 0 atom stereocenters. The van der Waals surface area contributed by atoms with Crippen molar-refractivity contribution in [3.05, 3.63) is 113 Å². The number of hydrogen-bond donors (Lipinski definition) is 2. The molecule has 164 valence electrons. The molecule has 6 aromatic rings. The van der Waals surface area contributed by atoms with E-state index in [4.69, 9.17) is 9.40 Å². The minimum atomic E-state index is -0.182. The predicted molar refractivity (Wildman–Crippen MR) is 135 cm³/mol. The summed E-state index contributed by atoms with van der Waals surface area (Å²) in [4.78, 5) is 20.9. The van der Waals surface area contributed by atoms with E-state index in [2.05, 4.69) is 35.0 Å². The molecule has 0 saturated heterocycles. The lowest BCUT2D eigenvalue weighted by atomic mass is 9.96. The Bertz CT molecular complexity index is 1660. The Balaban J connectivity index is 1.66. The number of para-hydroxylation sites is 1. The molecule has 5 heteroatoms. The van der Waals surface area contributed by atoms with E-state index < -0.39 is 0 Å². The lowest BCUT2D eigenvalue weighted by Gasteiger charge is -2.13. The van der Waals surface area contributed by atoms with Gasteiger partial charge in [0, 0.05) is 28.3 Å². The number of pyridine rings is 2. The zero-order chi connectivity index (χ0) is 23.1. The molecule has 0 amide bonds. The van der Waals surface area contributed by atoms with E-state index in [1.165, 1.54) is 0 Å². The minimum Gasteiger partial charge on any atom is -0.456 e. The van der Waals surface area contributed by atoms with Gasteiger partial charge in [-0.05, 0) is 23.8 Å². The van der Waals surface area contributed by atoms with Crippen molar-refractivity contribution in [1.82, 2.24) is 9.97 Å². The molecule has 6 rings (SSSR count). The van der Waals surface area contributed by atoms with Gasteiger partial charge >= 0.3 is 0 Å². The second-order valence-electron chi connectivity index (χ2n) is 8.27. The molecule has 0 fully saturated rings. The van der Waals surface area contributed by atoms with E-state index in [0.29, 0.717) is 16.7 Å². The number of benzene rings is 3. The topological polar surface area (TPSA) is 86.5 Å². The van der Waals surface area contributed by atoms with E-state index in [-0.39, 0.29) is 5.56 Å². The predicted octanol–water partition coefficient (Wildman–Crippen LogP) is 5.41. The standard InChI is InChI=1S/C29H21N3O2/c30-16-18-10-12-20(13-11-18)27-22(19-6-2-1-3-7-19)15-23-28(32-27)24(17-31-29(23)33)26-14-21-8-4-5-9-25(21)34-26/h1-15,17H,16,30H2,(H,31,33)/p+1. The third-order valence-electron chi connectivity index (χ3n) is 6.16. The molecular weight excluding hydrogens is 422 g/mol. The van der Waals surface area contributed by atoms with E-state index in [1.54, 1.807) is 6.20 Å². The van der Waals surface area contributed by atoms with Crippen LogP contribution < -0.4 is 11.3 Å². The van der Waals surface area contributed by atoms with Gasteiger partial charge in [0.25, 0.3) is 5.56 Å². The van der Waals surface area contributed by atoms with E-state index in [1.807, 2.05) is 66.7 Å². The second kappa shape index (κ2) is 8.14. The Kier molecular flexibility index (Phi) is 4.82. The summed E-state index contributed by atoms with van der Waals surface area (Å²) in [5, 5.41) is 1.52. The molecule has 0 unspecified atom stereocenters. The van der Waals surface area contributed by atoms with Crippen molar-refractivity contribution >= 4 is 21.9 Å². The molecular formula is C29H22N3O2+. The zero-order valence-electron chi connectivity index (χ0n) is 18.4. The highest BCUT2D eigenvalue weighted by molar-refractivity contribution is 5.98. The number of nitrogens with zero attached hydrogens (tertiary/aromatic N) is 1. The maximum absolute atomic E-state index is 12.9. The fraction of sp³-hybridized carbons (Fsp3) is 0.0345. The largest absolute Gasteiger partial charge is 0.456 e. The van der Waals surface area contributed by atoms with Gasteiger partial charge in [-0.1, -0.05) is 72.8 Å². The molecule has 3 aromatic heterocycles. The average Bonchev–Trinajstić information content (AvgIpc) is 3.33. The lowest BCUT2D eigenvalue weighted by molar-refractivity contribution is -0.386. The second-order valence-corrected chi connectivity index (χ2v) is 8.27. The van der Waals surface area contributed by atoms with Gasteiger partial charge < -0.3 is 15.1 Å². The van der Waals surface area contributed by atoms with Gasteiger partial charge in [0.1, 0.15) is 11.3 Å². The fourth-order valence-corrected chi connectivity index (χ4v) is 4.37. The number of H-pyrrole nitrogens is 1. The Labute approximate surface area is 195 Å². The highest BCUT2D eigenvalue weighted by Gasteiger charge is 2.18. The molecule has 0 aliphatic carbocycles. The number of furan rings is 1.